The van der Waals surface area contributed by atoms with E-state index in [0.29, 0.717) is 22.8 Å². The van der Waals surface area contributed by atoms with E-state index in [2.05, 4.69) is 10.5 Å². The number of hydrogen-bond acceptors (Lipinski definition) is 7. The molecule has 0 aromatic heterocycles. The second-order valence-corrected chi connectivity index (χ2v) is 4.95. The highest BCUT2D eigenvalue weighted by Gasteiger charge is 2.22. The van der Waals surface area contributed by atoms with Crippen LogP contribution in [0.5, 0.6) is 17.2 Å². The molecular formula is C16H13N3O6. The van der Waals surface area contributed by atoms with Gasteiger partial charge in [0, 0.05) is 5.56 Å². The number of nitrogens with one attached hydrogen (secondary N) is 1. The van der Waals surface area contributed by atoms with Crippen molar-refractivity contribution in [1.82, 2.24) is 5.43 Å². The summed E-state index contributed by atoms with van der Waals surface area (Å²) in [6.07, 6.45) is 1.18. The number of nitrogens with zero attached hydrogens (tertiary/aromatic N) is 2. The molecule has 0 bridgehead atoms. The lowest BCUT2D eigenvalue weighted by atomic mass is 10.1. The van der Waals surface area contributed by atoms with Crippen LogP contribution >= 0.6 is 0 Å². The number of rotatable bonds is 5. The highest BCUT2D eigenvalue weighted by atomic mass is 16.7. The van der Waals surface area contributed by atoms with Gasteiger partial charge in [0.2, 0.25) is 6.79 Å². The maximum Gasteiger partial charge on any atom is 0.282 e. The van der Waals surface area contributed by atoms with Gasteiger partial charge in [0.25, 0.3) is 11.6 Å². The Morgan fingerprint density at radius 1 is 1.28 bits per heavy atom. The highest BCUT2D eigenvalue weighted by molar-refractivity contribution is 5.95. The van der Waals surface area contributed by atoms with E-state index < -0.39 is 10.8 Å². The lowest BCUT2D eigenvalue weighted by molar-refractivity contribution is -0.385. The summed E-state index contributed by atoms with van der Waals surface area (Å²) in [6.45, 7) is 0.00128. The molecule has 2 aromatic rings. The maximum atomic E-state index is 12.0. The molecule has 9 heteroatoms. The van der Waals surface area contributed by atoms with Crippen molar-refractivity contribution in [3.05, 3.63) is 57.6 Å². The van der Waals surface area contributed by atoms with Gasteiger partial charge < -0.3 is 14.2 Å². The van der Waals surface area contributed by atoms with Gasteiger partial charge in [0.15, 0.2) is 11.5 Å². The van der Waals surface area contributed by atoms with Crippen molar-refractivity contribution < 1.29 is 23.9 Å². The number of carbonyl (C=O) groups is 1. The Hall–Kier alpha value is -3.62. The molecule has 1 aliphatic rings. The fraction of sp³-hybridized carbons (Fsp3) is 0.125. The molecule has 1 aliphatic heterocycles. The van der Waals surface area contributed by atoms with Crippen molar-refractivity contribution in [1.29, 1.82) is 0 Å². The maximum absolute atomic E-state index is 12.0. The molecule has 0 fully saturated rings. The molecule has 0 aliphatic carbocycles. The second-order valence-electron chi connectivity index (χ2n) is 4.95. The lowest BCUT2D eigenvalue weighted by Gasteiger charge is -2.03. The van der Waals surface area contributed by atoms with E-state index in [1.165, 1.54) is 25.5 Å². The van der Waals surface area contributed by atoms with Gasteiger partial charge in [-0.15, -0.1) is 0 Å². The predicted octanol–water partition coefficient (Wildman–Crippen LogP) is 2.10. The van der Waals surface area contributed by atoms with E-state index in [-0.39, 0.29) is 18.0 Å². The molecule has 0 spiro atoms. The Labute approximate surface area is 142 Å². The van der Waals surface area contributed by atoms with E-state index in [1.807, 2.05) is 0 Å². The third-order valence-electron chi connectivity index (χ3n) is 3.44. The fourth-order valence-electron chi connectivity index (χ4n) is 2.18. The smallest absolute Gasteiger partial charge is 0.282 e. The van der Waals surface area contributed by atoms with Gasteiger partial charge in [-0.05, 0) is 30.3 Å². The Morgan fingerprint density at radius 2 is 1.96 bits per heavy atom. The summed E-state index contributed by atoms with van der Waals surface area (Å²) >= 11 is 0. The number of carbonyl (C=O) groups excluding carboxylic acids is 1. The molecule has 0 saturated heterocycles. The minimum atomic E-state index is -0.561. The van der Waals surface area contributed by atoms with Crippen LogP contribution in [-0.4, -0.2) is 30.9 Å². The number of nitro benzene ring substituents is 1. The molecule has 9 nitrogen and oxygen atoms in total. The Balaban J connectivity index is 1.75. The number of methoxy groups -OCH3 is 1. The summed E-state index contributed by atoms with van der Waals surface area (Å²) in [5.41, 5.74) is 2.67. The Kier molecular flexibility index (Phi) is 4.46. The standard InChI is InChI=1S/C16H13N3O6/c1-23-12-4-2-10(3-5-12)16(20)18-17-8-11-6-14-15(25-9-24-14)7-13(11)19(21)22/h2-8H,9H2,1H3,(H,18,20). The van der Waals surface area contributed by atoms with Crippen LogP contribution in [0.1, 0.15) is 15.9 Å². The van der Waals surface area contributed by atoms with Crippen LogP contribution in [0.15, 0.2) is 41.5 Å². The van der Waals surface area contributed by atoms with E-state index in [9.17, 15) is 14.9 Å². The quantitative estimate of drug-likeness (QED) is 0.505. The normalized spacial score (nSPS) is 12.2. The number of fused-ring (bicyclic) bond motifs is 1. The largest absolute Gasteiger partial charge is 0.497 e. The predicted molar refractivity (Wildman–Crippen MR) is 87.3 cm³/mol. The van der Waals surface area contributed by atoms with E-state index >= 15 is 0 Å². The van der Waals surface area contributed by atoms with Gasteiger partial charge in [-0.1, -0.05) is 0 Å². The number of hydrogen-bond donors (Lipinski definition) is 1. The fourth-order valence-corrected chi connectivity index (χ4v) is 2.18. The molecule has 1 heterocycles. The minimum absolute atomic E-state index is 0.00128. The first-order chi connectivity index (χ1) is 12.1. The van der Waals surface area contributed by atoms with E-state index in [1.54, 1.807) is 24.3 Å². The van der Waals surface area contributed by atoms with Gasteiger partial charge >= 0.3 is 0 Å². The molecule has 1 amide bonds. The van der Waals surface area contributed by atoms with Crippen molar-refractivity contribution in [2.24, 2.45) is 5.10 Å². The molecular weight excluding hydrogens is 330 g/mol. The minimum Gasteiger partial charge on any atom is -0.497 e. The van der Waals surface area contributed by atoms with Gasteiger partial charge in [-0.25, -0.2) is 5.43 Å². The topological polar surface area (TPSA) is 112 Å². The third kappa shape index (κ3) is 3.50. The molecule has 3 rings (SSSR count). The molecule has 25 heavy (non-hydrogen) atoms. The Bertz CT molecular complexity index is 848. The number of amides is 1. The second kappa shape index (κ2) is 6.87. The molecule has 0 saturated carbocycles. The molecule has 0 radical (unpaired) electrons. The summed E-state index contributed by atoms with van der Waals surface area (Å²) in [5.74, 6) is 0.845. The van der Waals surface area contributed by atoms with Gasteiger partial charge in [0.05, 0.1) is 29.9 Å². The average molecular weight is 343 g/mol. The zero-order valence-corrected chi connectivity index (χ0v) is 13.1. The van der Waals surface area contributed by atoms with E-state index in [4.69, 9.17) is 14.2 Å². The van der Waals surface area contributed by atoms with Crippen LogP contribution in [-0.2, 0) is 0 Å². The summed E-state index contributed by atoms with van der Waals surface area (Å²) in [5, 5.41) is 14.9. The number of benzene rings is 2. The first kappa shape index (κ1) is 16.2. The summed E-state index contributed by atoms with van der Waals surface area (Å²) in [4.78, 5) is 22.6. The molecule has 128 valence electrons. The third-order valence-corrected chi connectivity index (χ3v) is 3.44. The van der Waals surface area contributed by atoms with Crippen molar-refractivity contribution in [3.8, 4) is 17.2 Å². The first-order valence-electron chi connectivity index (χ1n) is 7.14. The van der Waals surface area contributed by atoms with Crippen LogP contribution < -0.4 is 19.6 Å². The number of nitro groups is 1. The average Bonchev–Trinajstić information content (AvgIpc) is 3.08. The van der Waals surface area contributed by atoms with Gasteiger partial charge in [-0.3, -0.25) is 14.9 Å². The molecule has 0 unspecified atom stereocenters. The molecule has 0 atom stereocenters. The van der Waals surface area contributed by atoms with E-state index in [0.717, 1.165) is 0 Å². The van der Waals surface area contributed by atoms with Crippen molar-refractivity contribution >= 4 is 17.8 Å². The summed E-state index contributed by atoms with van der Waals surface area (Å²) < 4.78 is 15.3. The monoisotopic (exact) mass is 343 g/mol. The molecule has 2 aromatic carbocycles. The zero-order chi connectivity index (χ0) is 17.8. The number of ether oxygens (including phenoxy) is 3. The molecule has 1 N–H and O–H groups in total. The van der Waals surface area contributed by atoms with Gasteiger partial charge in [-0.2, -0.15) is 5.10 Å². The van der Waals surface area contributed by atoms with Crippen molar-refractivity contribution in [3.63, 3.8) is 0 Å². The van der Waals surface area contributed by atoms with Gasteiger partial charge in [0.1, 0.15) is 5.75 Å². The van der Waals surface area contributed by atoms with Crippen LogP contribution in [0.4, 0.5) is 5.69 Å². The first-order valence-corrected chi connectivity index (χ1v) is 7.14. The summed E-state index contributed by atoms with van der Waals surface area (Å²) in [7, 11) is 1.53. The highest BCUT2D eigenvalue weighted by Crippen LogP contribution is 2.37. The van der Waals surface area contributed by atoms with Crippen LogP contribution in [0.3, 0.4) is 0 Å². The lowest BCUT2D eigenvalue weighted by Crippen LogP contribution is -2.17. The summed E-state index contributed by atoms with van der Waals surface area (Å²) in [6, 6.07) is 9.13. The number of hydrazone groups is 1. The van der Waals surface area contributed by atoms with Crippen molar-refractivity contribution in [2.45, 2.75) is 0 Å². The Morgan fingerprint density at radius 3 is 2.60 bits per heavy atom. The zero-order valence-electron chi connectivity index (χ0n) is 13.1. The SMILES string of the molecule is COc1ccc(C(=O)NN=Cc2cc3c(cc2[N+](=O)[O-])OCO3)cc1. The van der Waals surface area contributed by atoms with Crippen LogP contribution in [0, 0.1) is 10.1 Å². The van der Waals surface area contributed by atoms with Crippen LogP contribution in [0.25, 0.3) is 0 Å². The van der Waals surface area contributed by atoms with Crippen molar-refractivity contribution in [2.75, 3.05) is 13.9 Å². The van der Waals surface area contributed by atoms with Crippen LogP contribution in [0.2, 0.25) is 0 Å².